The molecule has 0 atom stereocenters. The highest BCUT2D eigenvalue weighted by Crippen LogP contribution is 2.43. The maximum absolute atomic E-state index is 13.7. The van der Waals surface area contributed by atoms with E-state index in [0.29, 0.717) is 0 Å². The van der Waals surface area contributed by atoms with E-state index in [2.05, 4.69) is 19.6 Å². The number of alkyl halides is 5. The van der Waals surface area contributed by atoms with Gasteiger partial charge in [0.05, 0.1) is 16.9 Å². The highest BCUT2D eigenvalue weighted by molar-refractivity contribution is 6.32. The van der Waals surface area contributed by atoms with Crippen molar-refractivity contribution in [1.29, 1.82) is 0 Å². The van der Waals surface area contributed by atoms with Crippen LogP contribution in [0, 0.1) is 0 Å². The topological polar surface area (TPSA) is 116 Å². The van der Waals surface area contributed by atoms with Crippen molar-refractivity contribution in [1.82, 2.24) is 14.8 Å². The van der Waals surface area contributed by atoms with Gasteiger partial charge in [0.2, 0.25) is 0 Å². The molecule has 0 radical (unpaired) electrons. The van der Waals surface area contributed by atoms with Crippen molar-refractivity contribution in [3.63, 3.8) is 0 Å². The lowest BCUT2D eigenvalue weighted by Gasteiger charge is -2.18. The normalized spacial score (nSPS) is 13.6. The van der Waals surface area contributed by atoms with E-state index < -0.39 is 41.7 Å². The van der Waals surface area contributed by atoms with E-state index in [1.54, 1.807) is 0 Å². The Balaban J connectivity index is 1.44. The molecule has 1 aliphatic rings. The van der Waals surface area contributed by atoms with Crippen LogP contribution in [-0.4, -0.2) is 45.1 Å². The number of benzene rings is 2. The number of carboxylic acid groups (broad SMARTS) is 1. The molecule has 0 saturated carbocycles. The van der Waals surface area contributed by atoms with Crippen molar-refractivity contribution in [2.24, 2.45) is 0 Å². The van der Waals surface area contributed by atoms with Gasteiger partial charge >= 0.3 is 18.4 Å². The molecule has 0 fully saturated rings. The molecule has 4 aromatic rings. The summed E-state index contributed by atoms with van der Waals surface area (Å²) in [5.41, 5.74) is -1.68. The predicted molar refractivity (Wildman–Crippen MR) is 134 cm³/mol. The standard InChI is InChI=1S/C26H16ClF5N4O6/c1-35(14-5-8-19-20(10-14)42-26(31,32)41-19)23(37)13-3-2-4-15(9-13)36-18(21(27)22(34-36)25(28,29)30)12-40-16-6-7-17(24(38)39)33-11-16/h2-11H,12H2,1H3,(H,38,39). The number of aromatic carboxylic acids is 1. The van der Waals surface area contributed by atoms with Gasteiger partial charge in [-0.3, -0.25) is 4.79 Å². The third-order valence-electron chi connectivity index (χ3n) is 5.93. The summed E-state index contributed by atoms with van der Waals surface area (Å²) in [6, 6.07) is 11.6. The molecule has 1 N–H and O–H groups in total. The Bertz CT molecular complexity index is 1690. The van der Waals surface area contributed by atoms with E-state index in [4.69, 9.17) is 21.4 Å². The number of carboxylic acids is 1. The number of pyridine rings is 1. The second kappa shape index (κ2) is 10.5. The molecule has 16 heteroatoms. The number of halogens is 6. The van der Waals surface area contributed by atoms with Gasteiger partial charge in [-0.2, -0.15) is 18.3 Å². The van der Waals surface area contributed by atoms with Crippen LogP contribution in [0.3, 0.4) is 0 Å². The van der Waals surface area contributed by atoms with Crippen LogP contribution < -0.4 is 19.1 Å². The van der Waals surface area contributed by atoms with Crippen LogP contribution in [0.15, 0.2) is 60.8 Å². The maximum atomic E-state index is 13.7. The number of ether oxygens (including phenoxy) is 3. The molecule has 3 heterocycles. The maximum Gasteiger partial charge on any atom is 0.586 e. The monoisotopic (exact) mass is 610 g/mol. The van der Waals surface area contributed by atoms with E-state index in [1.807, 2.05) is 0 Å². The Morgan fingerprint density at radius 3 is 2.50 bits per heavy atom. The van der Waals surface area contributed by atoms with Crippen molar-refractivity contribution in [2.75, 3.05) is 11.9 Å². The lowest BCUT2D eigenvalue weighted by molar-refractivity contribution is -0.286. The zero-order valence-corrected chi connectivity index (χ0v) is 21.8. The molecule has 1 aliphatic heterocycles. The average Bonchev–Trinajstić information content (AvgIpc) is 3.45. The van der Waals surface area contributed by atoms with Crippen molar-refractivity contribution < 1.29 is 50.9 Å². The van der Waals surface area contributed by atoms with Crippen molar-refractivity contribution in [3.8, 4) is 22.9 Å². The lowest BCUT2D eigenvalue weighted by Crippen LogP contribution is -2.26. The van der Waals surface area contributed by atoms with E-state index in [0.717, 1.165) is 21.8 Å². The molecule has 42 heavy (non-hydrogen) atoms. The Morgan fingerprint density at radius 2 is 1.83 bits per heavy atom. The Kier molecular flexibility index (Phi) is 7.14. The van der Waals surface area contributed by atoms with Crippen LogP contribution in [0.2, 0.25) is 5.02 Å². The summed E-state index contributed by atoms with van der Waals surface area (Å²) < 4.78 is 83.0. The number of aromatic nitrogens is 3. The van der Waals surface area contributed by atoms with E-state index in [-0.39, 0.29) is 45.6 Å². The van der Waals surface area contributed by atoms with Crippen LogP contribution in [0.4, 0.5) is 27.6 Å². The molecular weight excluding hydrogens is 595 g/mol. The van der Waals surface area contributed by atoms with Crippen LogP contribution in [-0.2, 0) is 12.8 Å². The summed E-state index contributed by atoms with van der Waals surface area (Å²) >= 11 is 6.07. The zero-order valence-electron chi connectivity index (χ0n) is 21.0. The molecule has 10 nitrogen and oxygen atoms in total. The molecule has 2 aromatic heterocycles. The van der Waals surface area contributed by atoms with Gasteiger partial charge < -0.3 is 24.2 Å². The van der Waals surface area contributed by atoms with E-state index in [1.165, 1.54) is 55.6 Å². The lowest BCUT2D eigenvalue weighted by atomic mass is 10.1. The van der Waals surface area contributed by atoms with Gasteiger partial charge in [0, 0.05) is 24.4 Å². The molecular formula is C26H16ClF5N4O6. The first kappa shape index (κ1) is 28.6. The SMILES string of the molecule is CN(C(=O)c1cccc(-n2nc(C(F)(F)F)c(Cl)c2COc2ccc(C(=O)O)nc2)c1)c1ccc2c(c1)OC(F)(F)O2. The second-order valence-electron chi connectivity index (χ2n) is 8.70. The van der Waals surface area contributed by atoms with E-state index >= 15 is 0 Å². The molecule has 0 aliphatic carbocycles. The van der Waals surface area contributed by atoms with Crippen LogP contribution >= 0.6 is 11.6 Å². The molecule has 0 saturated heterocycles. The number of carbonyl (C=O) groups is 2. The highest BCUT2D eigenvalue weighted by atomic mass is 35.5. The number of fused-ring (bicyclic) bond motifs is 1. The fourth-order valence-corrected chi connectivity index (χ4v) is 4.20. The number of amides is 1. The molecule has 1 amide bonds. The minimum absolute atomic E-state index is 0.0125. The van der Waals surface area contributed by atoms with Gasteiger partial charge in [0.25, 0.3) is 5.91 Å². The number of hydrogen-bond donors (Lipinski definition) is 1. The molecule has 2 aromatic carbocycles. The number of hydrogen-bond acceptors (Lipinski definition) is 7. The Labute approximate surface area is 237 Å². The van der Waals surface area contributed by atoms with Gasteiger partial charge in [-0.15, -0.1) is 8.78 Å². The molecule has 0 unspecified atom stereocenters. The molecule has 218 valence electrons. The van der Waals surface area contributed by atoms with Gasteiger partial charge in [-0.05, 0) is 42.5 Å². The first-order valence-corrected chi connectivity index (χ1v) is 12.1. The second-order valence-corrected chi connectivity index (χ2v) is 9.08. The van der Waals surface area contributed by atoms with Crippen molar-refractivity contribution in [3.05, 3.63) is 88.5 Å². The molecule has 0 bridgehead atoms. The quantitative estimate of drug-likeness (QED) is 0.261. The summed E-state index contributed by atoms with van der Waals surface area (Å²) in [5.74, 6) is -2.37. The third kappa shape index (κ3) is 5.63. The number of anilines is 1. The minimum atomic E-state index is -4.93. The summed E-state index contributed by atoms with van der Waals surface area (Å²) in [6.45, 7) is -0.532. The fraction of sp³-hybridized carbons (Fsp3) is 0.154. The van der Waals surface area contributed by atoms with Crippen molar-refractivity contribution >= 4 is 29.2 Å². The first-order valence-electron chi connectivity index (χ1n) is 11.7. The van der Waals surface area contributed by atoms with Gasteiger partial charge in [0.15, 0.2) is 17.2 Å². The van der Waals surface area contributed by atoms with E-state index in [9.17, 15) is 31.5 Å². The van der Waals surface area contributed by atoms with Crippen LogP contribution in [0.25, 0.3) is 5.69 Å². The Morgan fingerprint density at radius 1 is 1.10 bits per heavy atom. The highest BCUT2D eigenvalue weighted by Gasteiger charge is 2.43. The average molecular weight is 611 g/mol. The summed E-state index contributed by atoms with van der Waals surface area (Å²) in [5, 5.41) is 11.8. The molecule has 5 rings (SSSR count). The Hall–Kier alpha value is -4.92. The third-order valence-corrected chi connectivity index (χ3v) is 6.33. The van der Waals surface area contributed by atoms with Gasteiger partial charge in [0.1, 0.15) is 23.7 Å². The van der Waals surface area contributed by atoms with Crippen molar-refractivity contribution in [2.45, 2.75) is 19.1 Å². The number of nitrogens with zero attached hydrogens (tertiary/aromatic N) is 4. The van der Waals surface area contributed by atoms with Gasteiger partial charge in [-0.1, -0.05) is 17.7 Å². The number of carbonyl (C=O) groups excluding carboxylic acids is 1. The number of rotatable bonds is 7. The minimum Gasteiger partial charge on any atom is -0.486 e. The first-order chi connectivity index (χ1) is 19.7. The van der Waals surface area contributed by atoms with Crippen LogP contribution in [0.5, 0.6) is 17.2 Å². The largest absolute Gasteiger partial charge is 0.586 e. The zero-order chi connectivity index (χ0) is 30.4. The summed E-state index contributed by atoms with van der Waals surface area (Å²) in [4.78, 5) is 29.1. The summed E-state index contributed by atoms with van der Waals surface area (Å²) in [6.07, 6.45) is -7.70. The fourth-order valence-electron chi connectivity index (χ4n) is 3.92. The van der Waals surface area contributed by atoms with Crippen LogP contribution in [0.1, 0.15) is 32.2 Å². The predicted octanol–water partition coefficient (Wildman–Crippen LogP) is 5.81. The molecule has 0 spiro atoms. The summed E-state index contributed by atoms with van der Waals surface area (Å²) in [7, 11) is 1.36. The smallest absolute Gasteiger partial charge is 0.486 e. The van der Waals surface area contributed by atoms with Gasteiger partial charge in [-0.25, -0.2) is 14.5 Å².